The summed E-state index contributed by atoms with van der Waals surface area (Å²) in [5.74, 6) is 0.0965. The van der Waals surface area contributed by atoms with Gasteiger partial charge >= 0.3 is 0 Å². The van der Waals surface area contributed by atoms with Crippen LogP contribution in [0.25, 0.3) is 0 Å². The van der Waals surface area contributed by atoms with Gasteiger partial charge < -0.3 is 0 Å². The fraction of sp³-hybridized carbons (Fsp3) is 0.188. The fourth-order valence-corrected chi connectivity index (χ4v) is 3.63. The highest BCUT2D eigenvalue weighted by Gasteiger charge is 2.51. The lowest BCUT2D eigenvalue weighted by Crippen LogP contribution is -2.38. The molecule has 2 nitrogen and oxygen atoms in total. The summed E-state index contributed by atoms with van der Waals surface area (Å²) in [6.45, 7) is 2.13. The quantitative estimate of drug-likeness (QED) is 0.713. The third-order valence-electron chi connectivity index (χ3n) is 4.25. The first-order chi connectivity index (χ1) is 9.11. The van der Waals surface area contributed by atoms with E-state index >= 15 is 0 Å². The molecule has 0 aliphatic carbocycles. The van der Waals surface area contributed by atoms with Crippen molar-refractivity contribution >= 4 is 23.2 Å². The standard InChI is InChI=1S/C16H12ClNO/c1-16-9-10-8-11(17)6-7-14(10)18(16)15(19)12-4-2-3-5-13(12)16/h2-8H,9H2,1H3/t16-/m1/s1. The lowest BCUT2D eigenvalue weighted by atomic mass is 9.88. The second kappa shape index (κ2) is 3.40. The van der Waals surface area contributed by atoms with E-state index in [0.717, 1.165) is 33.8 Å². The van der Waals surface area contributed by atoms with Crippen molar-refractivity contribution in [1.82, 2.24) is 0 Å². The molecule has 0 unspecified atom stereocenters. The molecule has 2 aromatic carbocycles. The average molecular weight is 270 g/mol. The summed E-state index contributed by atoms with van der Waals surface area (Å²) >= 11 is 6.06. The zero-order chi connectivity index (χ0) is 13.2. The van der Waals surface area contributed by atoms with E-state index < -0.39 is 0 Å². The molecule has 2 aliphatic rings. The van der Waals surface area contributed by atoms with Gasteiger partial charge in [-0.15, -0.1) is 0 Å². The summed E-state index contributed by atoms with van der Waals surface area (Å²) < 4.78 is 0. The van der Waals surface area contributed by atoms with Crippen LogP contribution in [0.5, 0.6) is 0 Å². The molecule has 4 rings (SSSR count). The van der Waals surface area contributed by atoms with Crippen molar-refractivity contribution in [2.75, 3.05) is 4.90 Å². The average Bonchev–Trinajstić information content (AvgIpc) is 2.80. The minimum atomic E-state index is -0.263. The first kappa shape index (κ1) is 11.1. The Kier molecular flexibility index (Phi) is 1.98. The molecule has 94 valence electrons. The second-order valence-electron chi connectivity index (χ2n) is 5.41. The first-order valence-electron chi connectivity index (χ1n) is 6.34. The van der Waals surface area contributed by atoms with Crippen LogP contribution in [0, 0.1) is 0 Å². The lowest BCUT2D eigenvalue weighted by Gasteiger charge is -2.28. The Morgan fingerprint density at radius 3 is 2.84 bits per heavy atom. The third-order valence-corrected chi connectivity index (χ3v) is 4.49. The van der Waals surface area contributed by atoms with Gasteiger partial charge in [0, 0.05) is 22.7 Å². The number of hydrogen-bond donors (Lipinski definition) is 0. The molecular formula is C16H12ClNO. The van der Waals surface area contributed by atoms with Gasteiger partial charge in [-0.1, -0.05) is 29.8 Å². The van der Waals surface area contributed by atoms with Gasteiger partial charge in [-0.2, -0.15) is 0 Å². The van der Waals surface area contributed by atoms with Gasteiger partial charge in [-0.05, 0) is 42.3 Å². The minimum absolute atomic E-state index is 0.0965. The van der Waals surface area contributed by atoms with Crippen molar-refractivity contribution in [3.8, 4) is 0 Å². The first-order valence-corrected chi connectivity index (χ1v) is 6.71. The normalized spacial score (nSPS) is 23.3. The van der Waals surface area contributed by atoms with E-state index in [9.17, 15) is 4.79 Å². The van der Waals surface area contributed by atoms with Crippen LogP contribution < -0.4 is 4.90 Å². The number of carbonyl (C=O) groups excluding carboxylic acids is 1. The van der Waals surface area contributed by atoms with Crippen molar-refractivity contribution in [3.63, 3.8) is 0 Å². The van der Waals surface area contributed by atoms with Crippen LogP contribution in [-0.4, -0.2) is 5.91 Å². The number of halogens is 1. The summed E-state index contributed by atoms with van der Waals surface area (Å²) in [5.41, 5.74) is 3.82. The lowest BCUT2D eigenvalue weighted by molar-refractivity contribution is 0.0983. The molecule has 0 fully saturated rings. The maximum absolute atomic E-state index is 12.6. The van der Waals surface area contributed by atoms with Crippen LogP contribution in [0.1, 0.15) is 28.4 Å². The van der Waals surface area contributed by atoms with Crippen molar-refractivity contribution < 1.29 is 4.79 Å². The van der Waals surface area contributed by atoms with E-state index in [-0.39, 0.29) is 11.4 Å². The zero-order valence-electron chi connectivity index (χ0n) is 10.5. The van der Waals surface area contributed by atoms with Crippen molar-refractivity contribution in [1.29, 1.82) is 0 Å². The summed E-state index contributed by atoms with van der Waals surface area (Å²) in [6, 6.07) is 13.7. The Balaban J connectivity index is 1.98. The summed E-state index contributed by atoms with van der Waals surface area (Å²) in [7, 11) is 0. The summed E-state index contributed by atoms with van der Waals surface area (Å²) in [6.07, 6.45) is 0.825. The Hall–Kier alpha value is -1.80. The van der Waals surface area contributed by atoms with Crippen LogP contribution in [0.4, 0.5) is 5.69 Å². The highest BCUT2D eigenvalue weighted by molar-refractivity contribution is 6.30. The summed E-state index contributed by atoms with van der Waals surface area (Å²) in [5, 5.41) is 0.726. The van der Waals surface area contributed by atoms with Gasteiger partial charge in [0.25, 0.3) is 5.91 Å². The fourth-order valence-electron chi connectivity index (χ4n) is 3.44. The number of nitrogens with zero attached hydrogens (tertiary/aromatic N) is 1. The molecule has 2 aliphatic heterocycles. The number of rotatable bonds is 0. The smallest absolute Gasteiger partial charge is 0.259 e. The molecule has 19 heavy (non-hydrogen) atoms. The SMILES string of the molecule is C[C@]12Cc3cc(Cl)ccc3N1C(=O)c1ccccc12. The van der Waals surface area contributed by atoms with E-state index in [1.807, 2.05) is 41.3 Å². The van der Waals surface area contributed by atoms with Gasteiger partial charge in [0.05, 0.1) is 5.54 Å². The number of carbonyl (C=O) groups is 1. The molecule has 0 bridgehead atoms. The van der Waals surface area contributed by atoms with Gasteiger partial charge in [0.1, 0.15) is 0 Å². The van der Waals surface area contributed by atoms with Crippen LogP contribution in [0.3, 0.4) is 0 Å². The molecule has 0 saturated carbocycles. The molecule has 0 N–H and O–H groups in total. The summed E-state index contributed by atoms with van der Waals surface area (Å²) in [4.78, 5) is 14.5. The molecule has 1 amide bonds. The van der Waals surface area contributed by atoms with E-state index in [0.29, 0.717) is 0 Å². The van der Waals surface area contributed by atoms with Crippen LogP contribution in [0.15, 0.2) is 42.5 Å². The number of hydrogen-bond acceptors (Lipinski definition) is 1. The van der Waals surface area contributed by atoms with Crippen molar-refractivity contribution in [2.45, 2.75) is 18.9 Å². The predicted octanol–water partition coefficient (Wildman–Crippen LogP) is 3.77. The molecule has 1 atom stereocenters. The number of anilines is 1. The zero-order valence-corrected chi connectivity index (χ0v) is 11.2. The Bertz CT molecular complexity index is 724. The van der Waals surface area contributed by atoms with Crippen molar-refractivity contribution in [2.24, 2.45) is 0 Å². The highest BCUT2D eigenvalue weighted by Crippen LogP contribution is 2.51. The van der Waals surface area contributed by atoms with Gasteiger partial charge in [0.2, 0.25) is 0 Å². The van der Waals surface area contributed by atoms with Crippen LogP contribution >= 0.6 is 11.6 Å². The number of benzene rings is 2. The predicted molar refractivity (Wildman–Crippen MR) is 75.8 cm³/mol. The van der Waals surface area contributed by atoms with Gasteiger partial charge in [-0.3, -0.25) is 9.69 Å². The Labute approximate surface area is 116 Å². The molecule has 0 spiro atoms. The number of amides is 1. The second-order valence-corrected chi connectivity index (χ2v) is 5.85. The molecule has 0 aromatic heterocycles. The molecule has 0 radical (unpaired) electrons. The Morgan fingerprint density at radius 2 is 2.00 bits per heavy atom. The molecule has 2 aromatic rings. The minimum Gasteiger partial charge on any atom is -0.298 e. The third kappa shape index (κ3) is 1.25. The van der Waals surface area contributed by atoms with Gasteiger partial charge in [-0.25, -0.2) is 0 Å². The molecular weight excluding hydrogens is 258 g/mol. The maximum atomic E-state index is 12.6. The van der Waals surface area contributed by atoms with Crippen LogP contribution in [-0.2, 0) is 12.0 Å². The molecule has 2 heterocycles. The van der Waals surface area contributed by atoms with Crippen LogP contribution in [0.2, 0.25) is 5.02 Å². The maximum Gasteiger partial charge on any atom is 0.259 e. The van der Waals surface area contributed by atoms with Gasteiger partial charge in [0.15, 0.2) is 0 Å². The van der Waals surface area contributed by atoms with Crippen molar-refractivity contribution in [3.05, 3.63) is 64.2 Å². The van der Waals surface area contributed by atoms with E-state index in [1.165, 1.54) is 0 Å². The molecule has 3 heteroatoms. The monoisotopic (exact) mass is 269 g/mol. The largest absolute Gasteiger partial charge is 0.298 e. The highest BCUT2D eigenvalue weighted by atomic mass is 35.5. The topological polar surface area (TPSA) is 20.3 Å². The van der Waals surface area contributed by atoms with E-state index in [1.54, 1.807) is 0 Å². The molecule has 0 saturated heterocycles. The Morgan fingerprint density at radius 1 is 1.21 bits per heavy atom. The number of fused-ring (bicyclic) bond motifs is 5. The van der Waals surface area contributed by atoms with E-state index in [2.05, 4.69) is 13.0 Å². The van der Waals surface area contributed by atoms with E-state index in [4.69, 9.17) is 11.6 Å².